The molecular weight excluding hydrogens is 101 g/mol. The van der Waals surface area contributed by atoms with E-state index in [4.69, 9.17) is 0 Å². The van der Waals surface area contributed by atoms with Gasteiger partial charge in [-0.3, -0.25) is 0 Å². The van der Waals surface area contributed by atoms with E-state index in [0.717, 1.165) is 0 Å². The van der Waals surface area contributed by atoms with Crippen molar-refractivity contribution in [1.29, 1.82) is 0 Å². The summed E-state index contributed by atoms with van der Waals surface area (Å²) in [7, 11) is 4.33. The zero-order valence-electron chi connectivity index (χ0n) is 0.825. The summed E-state index contributed by atoms with van der Waals surface area (Å²) in [5.41, 5.74) is 0. The first-order valence-electron chi connectivity index (χ1n) is 0.169. The summed E-state index contributed by atoms with van der Waals surface area (Å²) in [5.74, 6) is 0. The van der Waals surface area contributed by atoms with E-state index in [1.807, 2.05) is 0 Å². The topological polar surface area (TPSA) is 0 Å². The molecule has 0 aliphatic heterocycles. The average Bonchev–Trinajstić information content (AvgIpc) is 1.00. The van der Waals surface area contributed by atoms with Gasteiger partial charge in [-0.25, -0.2) is 0 Å². The molecule has 0 heterocycles. The van der Waals surface area contributed by atoms with Crippen LogP contribution in [0.15, 0.2) is 0 Å². The third-order valence-corrected chi connectivity index (χ3v) is 0. The van der Waals surface area contributed by atoms with Gasteiger partial charge in [-0.1, -0.05) is 11.8 Å². The molecule has 0 spiro atoms. The second kappa shape index (κ2) is 21.6. The van der Waals surface area contributed by atoms with Crippen LogP contribution in [0.2, 0.25) is 0 Å². The summed E-state index contributed by atoms with van der Waals surface area (Å²) in [6.45, 7) is 0. The van der Waals surface area contributed by atoms with Crippen LogP contribution in [0.3, 0.4) is 0 Å². The van der Waals surface area contributed by atoms with Crippen molar-refractivity contribution in [2.24, 2.45) is 0 Å². The van der Waals surface area contributed by atoms with Gasteiger partial charge in [-0.05, 0) is 10.7 Å². The molecule has 0 nitrogen and oxygen atoms in total. The Morgan fingerprint density at radius 2 is 1.25 bits per heavy atom. The van der Waals surface area contributed by atoms with Crippen molar-refractivity contribution in [3.63, 3.8) is 0 Å². The molecule has 0 bridgehead atoms. The van der Waals surface area contributed by atoms with Crippen molar-refractivity contribution in [2.75, 3.05) is 0 Å². The molecular formula is H5AlClLiS. The molecule has 22 valence electrons. The van der Waals surface area contributed by atoms with E-state index >= 15 is 0 Å². The normalized spacial score (nSPS) is 1.50. The fourth-order valence-corrected chi connectivity index (χ4v) is 0. The minimum absolute atomic E-state index is 0. The van der Waals surface area contributed by atoms with Crippen LogP contribution < -0.4 is 0 Å². The Morgan fingerprint density at radius 3 is 1.25 bits per heavy atom. The predicted octanol–water partition coefficient (Wildman–Crippen LogP) is -0.762. The van der Waals surface area contributed by atoms with Crippen molar-refractivity contribution in [2.45, 2.75) is 0 Å². The zero-order chi connectivity index (χ0) is 2.00. The Bertz CT molecular complexity index is 8.00. The van der Waals surface area contributed by atoms with Gasteiger partial charge in [0.25, 0.3) is 0 Å². The molecule has 0 aromatic carbocycles. The molecule has 0 saturated heterocycles. The quantitative estimate of drug-likeness (QED) is 0.305. The summed E-state index contributed by atoms with van der Waals surface area (Å²) in [6, 6.07) is 0. The summed E-state index contributed by atoms with van der Waals surface area (Å²) >= 11 is 3.00. The molecule has 0 aromatic heterocycles. The molecule has 0 rings (SSSR count). The van der Waals surface area contributed by atoms with E-state index in [-0.39, 0.29) is 36.2 Å². The summed E-state index contributed by atoms with van der Waals surface area (Å²) in [4.78, 5) is 0. The van der Waals surface area contributed by atoms with E-state index < -0.39 is 0 Å². The van der Waals surface area contributed by atoms with Gasteiger partial charge in [0, 0.05) is 0 Å². The maximum atomic E-state index is 4.33. The Balaban J connectivity index is -0.00000000500. The summed E-state index contributed by atoms with van der Waals surface area (Å²) in [6.07, 6.45) is 0. The first-order chi connectivity index (χ1) is 1.00. The second-order valence-corrected chi connectivity index (χ2v) is 0. The number of halogens is 1. The summed E-state index contributed by atoms with van der Waals surface area (Å²) < 4.78 is 0. The van der Waals surface area contributed by atoms with Crippen LogP contribution in [0.4, 0.5) is 0 Å². The maximum absolute atomic E-state index is 4.33. The number of rotatable bonds is 0. The molecule has 4 heavy (non-hydrogen) atoms. The van der Waals surface area contributed by atoms with Crippen LogP contribution in [-0.4, -0.2) is 36.2 Å². The third-order valence-electron chi connectivity index (χ3n) is 0. The van der Waals surface area contributed by atoms with Crippen LogP contribution >= 0.6 is 22.5 Å². The van der Waals surface area contributed by atoms with Gasteiger partial charge in [0.15, 0.2) is 17.4 Å². The van der Waals surface area contributed by atoms with Gasteiger partial charge in [-0.15, -0.1) is 0 Å². The Hall–Kier alpha value is 1.77. The fraction of sp³-hybridized carbons (Fsp3) is 0. The van der Waals surface area contributed by atoms with Crippen LogP contribution in [0, 0.1) is 0 Å². The van der Waals surface area contributed by atoms with Gasteiger partial charge in [0.05, 0.1) is 0 Å². The van der Waals surface area contributed by atoms with Crippen molar-refractivity contribution in [3.05, 3.63) is 0 Å². The van der Waals surface area contributed by atoms with E-state index in [1.54, 1.807) is 0 Å². The number of hydrogen-bond acceptors (Lipinski definition) is 1. The molecule has 0 radical (unpaired) electrons. The molecule has 0 aliphatic rings. The van der Waals surface area contributed by atoms with Crippen molar-refractivity contribution < 1.29 is 0 Å². The van der Waals surface area contributed by atoms with E-state index in [1.165, 1.54) is 0 Å². The first kappa shape index (κ1) is 17.1. The molecule has 4 heteroatoms. The van der Waals surface area contributed by atoms with Crippen LogP contribution in [0.25, 0.3) is 0 Å². The molecule has 0 aromatic rings. The molecule has 0 unspecified atom stereocenters. The Labute approximate surface area is 58.5 Å². The minimum atomic E-state index is 0. The number of hydrogen-bond donors (Lipinski definition) is 1. The molecule has 0 N–H and O–H groups in total. The fourth-order valence-electron chi connectivity index (χ4n) is 0. The first-order valence-corrected chi connectivity index (χ1v) is 1.52. The van der Waals surface area contributed by atoms with Crippen LogP contribution in [-0.2, 0) is 0 Å². The molecule has 0 amide bonds. The van der Waals surface area contributed by atoms with Gasteiger partial charge in [0.2, 0.25) is 0 Å². The average molecular weight is 106 g/mol. The van der Waals surface area contributed by atoms with E-state index in [0.29, 0.717) is 0 Å². The van der Waals surface area contributed by atoms with Gasteiger partial charge in [-0.2, -0.15) is 0 Å². The number of thiol groups is 1. The summed E-state index contributed by atoms with van der Waals surface area (Å²) in [5, 5.41) is 0. The zero-order valence-corrected chi connectivity index (χ0v) is 2.48. The van der Waals surface area contributed by atoms with Crippen molar-refractivity contribution >= 4 is 58.7 Å². The molecule has 0 saturated carbocycles. The SMILES string of the molecule is SCl.[AlH3].[LiH]. The third kappa shape index (κ3) is 9.23. The standard InChI is InChI=1S/Al.ClHS.Li.4H/c;1-2;;;;;/h;2H;;;;;. The van der Waals surface area contributed by atoms with Crippen LogP contribution in [0.5, 0.6) is 0 Å². The predicted molar refractivity (Wildman–Crippen MR) is 31.9 cm³/mol. The molecule has 0 fully saturated rings. The van der Waals surface area contributed by atoms with Gasteiger partial charge in [0.1, 0.15) is 0 Å². The molecule has 0 aliphatic carbocycles. The van der Waals surface area contributed by atoms with E-state index in [9.17, 15) is 0 Å². The van der Waals surface area contributed by atoms with Crippen molar-refractivity contribution in [1.82, 2.24) is 0 Å². The monoisotopic (exact) mass is 106 g/mol. The van der Waals surface area contributed by atoms with Gasteiger partial charge < -0.3 is 0 Å². The van der Waals surface area contributed by atoms with Crippen molar-refractivity contribution in [3.8, 4) is 0 Å². The van der Waals surface area contributed by atoms with E-state index in [2.05, 4.69) is 22.5 Å². The van der Waals surface area contributed by atoms with Crippen LogP contribution in [0.1, 0.15) is 0 Å². The second-order valence-electron chi connectivity index (χ2n) is 0. The van der Waals surface area contributed by atoms with Gasteiger partial charge >= 0.3 is 18.9 Å². The molecule has 0 atom stereocenters. The Kier molecular flexibility index (Phi) is 92.6. The Morgan fingerprint density at radius 1 is 1.25 bits per heavy atom.